The average Bonchev–Trinajstić information content (AvgIpc) is 3.38. The van der Waals surface area contributed by atoms with Crippen molar-refractivity contribution in [3.05, 3.63) is 89.3 Å². The van der Waals surface area contributed by atoms with Crippen molar-refractivity contribution in [2.75, 3.05) is 6.79 Å². The molecule has 5 rings (SSSR count). The molecule has 0 aliphatic carbocycles. The minimum absolute atomic E-state index is 0.158. The van der Waals surface area contributed by atoms with Crippen LogP contribution < -0.4 is 9.47 Å². The van der Waals surface area contributed by atoms with Crippen molar-refractivity contribution in [3.8, 4) is 11.5 Å². The monoisotopic (exact) mass is 383 g/mol. The molecular weight excluding hydrogens is 366 g/mol. The molecule has 0 fully saturated rings. The van der Waals surface area contributed by atoms with Crippen molar-refractivity contribution in [2.24, 2.45) is 0 Å². The van der Waals surface area contributed by atoms with E-state index >= 15 is 0 Å². The van der Waals surface area contributed by atoms with Gasteiger partial charge in [-0.3, -0.25) is 4.79 Å². The Kier molecular flexibility index (Phi) is 4.13. The normalized spacial score (nSPS) is 13.1. The minimum Gasteiger partial charge on any atom is -0.454 e. The Labute approximate surface area is 167 Å². The molecule has 0 spiro atoms. The Balaban J connectivity index is 1.64. The summed E-state index contributed by atoms with van der Waals surface area (Å²) in [6, 6.07) is 20.5. The van der Waals surface area contributed by atoms with Crippen molar-refractivity contribution >= 4 is 28.5 Å². The van der Waals surface area contributed by atoms with Crippen LogP contribution in [0.25, 0.3) is 22.7 Å². The van der Waals surface area contributed by atoms with Crippen LogP contribution in [-0.4, -0.2) is 17.6 Å². The first-order chi connectivity index (χ1) is 14.2. The number of Topliss-reactive ketones (excluding diaryl/α,β-unsaturated/α-hetero) is 1. The van der Waals surface area contributed by atoms with Gasteiger partial charge in [-0.05, 0) is 42.8 Å². The van der Waals surface area contributed by atoms with Crippen LogP contribution in [0, 0.1) is 6.92 Å². The molecule has 1 aromatic heterocycles. The fourth-order valence-electron chi connectivity index (χ4n) is 3.24. The summed E-state index contributed by atoms with van der Waals surface area (Å²) >= 11 is 0. The van der Waals surface area contributed by atoms with E-state index in [0.29, 0.717) is 33.7 Å². The van der Waals surface area contributed by atoms with Gasteiger partial charge >= 0.3 is 0 Å². The van der Waals surface area contributed by atoms with Gasteiger partial charge < -0.3 is 13.9 Å². The predicted molar refractivity (Wildman–Crippen MR) is 110 cm³/mol. The number of rotatable bonds is 4. The number of aromatic nitrogens is 1. The van der Waals surface area contributed by atoms with Gasteiger partial charge in [0.25, 0.3) is 0 Å². The number of aryl methyl sites for hydroxylation is 1. The fraction of sp³-hybridized carbons (Fsp3) is 0.0833. The van der Waals surface area contributed by atoms with E-state index in [4.69, 9.17) is 13.9 Å². The molecule has 2 heterocycles. The summed E-state index contributed by atoms with van der Waals surface area (Å²) < 4.78 is 16.7. The molecule has 5 heteroatoms. The number of fused-ring (bicyclic) bond motifs is 2. The molecular formula is C24H17NO4. The Morgan fingerprint density at radius 2 is 1.76 bits per heavy atom. The maximum atomic E-state index is 13.3. The van der Waals surface area contributed by atoms with Crippen LogP contribution in [0.1, 0.15) is 27.4 Å². The number of hydrogen-bond donors (Lipinski definition) is 0. The van der Waals surface area contributed by atoms with Crippen LogP contribution in [0.4, 0.5) is 0 Å². The predicted octanol–water partition coefficient (Wildman–Crippen LogP) is 5.29. The summed E-state index contributed by atoms with van der Waals surface area (Å²) in [4.78, 5) is 17.9. The molecule has 0 saturated heterocycles. The van der Waals surface area contributed by atoms with E-state index < -0.39 is 0 Å². The second-order valence-electron chi connectivity index (χ2n) is 6.85. The smallest absolute Gasteiger partial charge is 0.231 e. The lowest BCUT2D eigenvalue weighted by atomic mass is 10.00. The molecule has 142 valence electrons. The molecule has 29 heavy (non-hydrogen) atoms. The van der Waals surface area contributed by atoms with Gasteiger partial charge in [-0.2, -0.15) is 0 Å². The Morgan fingerprint density at radius 3 is 2.59 bits per heavy atom. The van der Waals surface area contributed by atoms with Crippen molar-refractivity contribution in [1.82, 2.24) is 4.98 Å². The van der Waals surface area contributed by atoms with Gasteiger partial charge in [-0.1, -0.05) is 48.0 Å². The molecule has 0 radical (unpaired) electrons. The van der Waals surface area contributed by atoms with Crippen molar-refractivity contribution < 1.29 is 18.7 Å². The topological polar surface area (TPSA) is 61.6 Å². The summed E-state index contributed by atoms with van der Waals surface area (Å²) in [5, 5.41) is 0. The van der Waals surface area contributed by atoms with E-state index in [1.165, 1.54) is 0 Å². The number of ether oxygens (including phenoxy) is 2. The van der Waals surface area contributed by atoms with E-state index in [1.807, 2.05) is 73.7 Å². The first-order valence-electron chi connectivity index (χ1n) is 9.26. The summed E-state index contributed by atoms with van der Waals surface area (Å²) in [5.41, 5.74) is 4.18. The van der Waals surface area contributed by atoms with Gasteiger partial charge in [0.05, 0.1) is 5.57 Å². The zero-order valence-electron chi connectivity index (χ0n) is 15.7. The highest BCUT2D eigenvalue weighted by Crippen LogP contribution is 2.34. The molecule has 5 nitrogen and oxygen atoms in total. The maximum Gasteiger partial charge on any atom is 0.231 e. The highest BCUT2D eigenvalue weighted by Gasteiger charge is 2.21. The molecule has 0 unspecified atom stereocenters. The van der Waals surface area contributed by atoms with Crippen LogP contribution in [-0.2, 0) is 0 Å². The average molecular weight is 383 g/mol. The lowest BCUT2D eigenvalue weighted by molar-refractivity contribution is 0.105. The molecule has 3 aromatic carbocycles. The lowest BCUT2D eigenvalue weighted by Crippen LogP contribution is -2.03. The van der Waals surface area contributed by atoms with Gasteiger partial charge in [0.15, 0.2) is 22.9 Å². The second kappa shape index (κ2) is 6.95. The Morgan fingerprint density at radius 1 is 0.966 bits per heavy atom. The van der Waals surface area contributed by atoms with Gasteiger partial charge in [-0.25, -0.2) is 4.98 Å². The zero-order valence-corrected chi connectivity index (χ0v) is 15.7. The highest BCUT2D eigenvalue weighted by atomic mass is 16.7. The Hall–Kier alpha value is -3.86. The maximum absolute atomic E-state index is 13.3. The third-order valence-electron chi connectivity index (χ3n) is 4.79. The number of allylic oxidation sites excluding steroid dienone is 1. The van der Waals surface area contributed by atoms with Crippen LogP contribution >= 0.6 is 0 Å². The van der Waals surface area contributed by atoms with E-state index in [0.717, 1.165) is 11.1 Å². The van der Waals surface area contributed by atoms with Gasteiger partial charge in [0, 0.05) is 5.56 Å². The number of benzene rings is 3. The van der Waals surface area contributed by atoms with E-state index in [-0.39, 0.29) is 18.5 Å². The zero-order chi connectivity index (χ0) is 19.8. The molecule has 0 bridgehead atoms. The van der Waals surface area contributed by atoms with E-state index in [9.17, 15) is 4.79 Å². The second-order valence-corrected chi connectivity index (χ2v) is 6.85. The standard InChI is InChI=1S/C24H17NO4/c1-15-6-9-17(10-7-15)23(26)18(24-25-19-4-2-3-5-20(19)29-24)12-16-8-11-21-22(13-16)28-14-27-21/h2-13H,14H2,1H3. The summed E-state index contributed by atoms with van der Waals surface area (Å²) in [6.07, 6.45) is 1.77. The number of oxazole rings is 1. The number of carbonyl (C=O) groups excluding carboxylic acids is 1. The first-order valence-corrected chi connectivity index (χ1v) is 9.26. The number of hydrogen-bond acceptors (Lipinski definition) is 5. The molecule has 1 aliphatic rings. The quantitative estimate of drug-likeness (QED) is 0.354. The third kappa shape index (κ3) is 3.27. The van der Waals surface area contributed by atoms with Crippen molar-refractivity contribution in [1.29, 1.82) is 0 Å². The van der Waals surface area contributed by atoms with Crippen molar-refractivity contribution in [2.45, 2.75) is 6.92 Å². The molecule has 0 N–H and O–H groups in total. The van der Waals surface area contributed by atoms with Crippen LogP contribution in [0.5, 0.6) is 11.5 Å². The summed E-state index contributed by atoms with van der Waals surface area (Å²) in [7, 11) is 0. The number of nitrogens with zero attached hydrogens (tertiary/aromatic N) is 1. The molecule has 1 aliphatic heterocycles. The van der Waals surface area contributed by atoms with E-state index in [2.05, 4.69) is 4.98 Å². The molecule has 0 amide bonds. The molecule has 0 atom stereocenters. The number of carbonyl (C=O) groups is 1. The first kappa shape index (κ1) is 17.3. The van der Waals surface area contributed by atoms with Crippen LogP contribution in [0.15, 0.2) is 71.1 Å². The summed E-state index contributed by atoms with van der Waals surface area (Å²) in [6.45, 7) is 2.18. The molecule has 0 saturated carbocycles. The van der Waals surface area contributed by atoms with Gasteiger partial charge in [-0.15, -0.1) is 0 Å². The van der Waals surface area contributed by atoms with Crippen LogP contribution in [0.3, 0.4) is 0 Å². The third-order valence-corrected chi connectivity index (χ3v) is 4.79. The van der Waals surface area contributed by atoms with Gasteiger partial charge in [0.2, 0.25) is 12.7 Å². The lowest BCUT2D eigenvalue weighted by Gasteiger charge is -2.05. The van der Waals surface area contributed by atoms with E-state index in [1.54, 1.807) is 6.08 Å². The van der Waals surface area contributed by atoms with Gasteiger partial charge in [0.1, 0.15) is 5.52 Å². The Bertz CT molecular complexity index is 1220. The largest absolute Gasteiger partial charge is 0.454 e. The number of ketones is 1. The minimum atomic E-state index is -0.158. The fourth-order valence-corrected chi connectivity index (χ4v) is 3.24. The summed E-state index contributed by atoms with van der Waals surface area (Å²) in [5.74, 6) is 1.47. The van der Waals surface area contributed by atoms with Crippen LogP contribution in [0.2, 0.25) is 0 Å². The van der Waals surface area contributed by atoms with Crippen molar-refractivity contribution in [3.63, 3.8) is 0 Å². The SMILES string of the molecule is Cc1ccc(C(=O)C(=Cc2ccc3c(c2)OCO3)c2nc3ccccc3o2)cc1. The molecule has 4 aromatic rings. The number of para-hydroxylation sites is 2. The highest BCUT2D eigenvalue weighted by molar-refractivity contribution is 6.31.